The van der Waals surface area contributed by atoms with Crippen LogP contribution in [0, 0.1) is 0 Å². The third-order valence-electron chi connectivity index (χ3n) is 3.92. The van der Waals surface area contributed by atoms with Gasteiger partial charge in [-0.2, -0.15) is 0 Å². The van der Waals surface area contributed by atoms with E-state index in [0.29, 0.717) is 6.61 Å². The molecular formula is C20H29BrO4. The molecule has 0 bridgehead atoms. The zero-order valence-electron chi connectivity index (χ0n) is 15.3. The van der Waals surface area contributed by atoms with Gasteiger partial charge in [-0.15, -0.1) is 0 Å². The summed E-state index contributed by atoms with van der Waals surface area (Å²) in [6, 6.07) is 7.62. The molecule has 25 heavy (non-hydrogen) atoms. The number of benzene rings is 1. The van der Waals surface area contributed by atoms with Gasteiger partial charge in [-0.05, 0) is 31.0 Å². The Morgan fingerprint density at radius 3 is 2.44 bits per heavy atom. The van der Waals surface area contributed by atoms with E-state index in [-0.39, 0.29) is 30.9 Å². The van der Waals surface area contributed by atoms with E-state index in [9.17, 15) is 9.59 Å². The zero-order chi connectivity index (χ0) is 18.5. The molecule has 0 aliphatic heterocycles. The highest BCUT2D eigenvalue weighted by molar-refractivity contribution is 9.10. The molecule has 0 aliphatic carbocycles. The van der Waals surface area contributed by atoms with Crippen LogP contribution in [0.15, 0.2) is 28.7 Å². The number of hydrogen-bond donors (Lipinski definition) is 0. The van der Waals surface area contributed by atoms with E-state index in [0.717, 1.165) is 22.9 Å². The normalized spacial score (nSPS) is 11.8. The van der Waals surface area contributed by atoms with E-state index in [1.54, 1.807) is 0 Å². The van der Waals surface area contributed by atoms with Gasteiger partial charge in [0.05, 0.1) is 19.4 Å². The van der Waals surface area contributed by atoms with Crippen LogP contribution in [0.4, 0.5) is 0 Å². The largest absolute Gasteiger partial charge is 0.466 e. The number of ether oxygens (including phenoxy) is 2. The lowest BCUT2D eigenvalue weighted by molar-refractivity contribution is -0.153. The Balaban J connectivity index is 2.13. The van der Waals surface area contributed by atoms with Crippen molar-refractivity contribution in [3.05, 3.63) is 34.3 Å². The van der Waals surface area contributed by atoms with E-state index in [4.69, 9.17) is 9.47 Å². The fourth-order valence-corrected chi connectivity index (χ4v) is 2.85. The average molecular weight is 413 g/mol. The molecule has 0 radical (unpaired) electrons. The van der Waals surface area contributed by atoms with Gasteiger partial charge in [0, 0.05) is 4.47 Å². The molecule has 0 saturated heterocycles. The lowest BCUT2D eigenvalue weighted by Crippen LogP contribution is -2.12. The van der Waals surface area contributed by atoms with E-state index < -0.39 is 0 Å². The van der Waals surface area contributed by atoms with E-state index >= 15 is 0 Å². The molecule has 0 N–H and O–H groups in total. The molecule has 140 valence electrons. The summed E-state index contributed by atoms with van der Waals surface area (Å²) < 4.78 is 11.4. The first-order chi connectivity index (χ1) is 12.0. The van der Waals surface area contributed by atoms with Gasteiger partial charge in [0.25, 0.3) is 0 Å². The van der Waals surface area contributed by atoms with E-state index in [1.807, 2.05) is 31.2 Å². The van der Waals surface area contributed by atoms with Crippen molar-refractivity contribution in [2.24, 2.45) is 0 Å². The maximum absolute atomic E-state index is 11.9. The fraction of sp³-hybridized carbons (Fsp3) is 0.600. The van der Waals surface area contributed by atoms with Gasteiger partial charge in [0.2, 0.25) is 0 Å². The summed E-state index contributed by atoms with van der Waals surface area (Å²) >= 11 is 3.39. The minimum atomic E-state index is -0.385. The van der Waals surface area contributed by atoms with Crippen molar-refractivity contribution < 1.29 is 19.1 Å². The molecule has 1 atom stereocenters. The maximum atomic E-state index is 11.9. The number of rotatable bonds is 12. The second-order valence-electron chi connectivity index (χ2n) is 6.18. The maximum Gasteiger partial charge on any atom is 0.306 e. The number of halogens is 1. The van der Waals surface area contributed by atoms with Gasteiger partial charge >= 0.3 is 11.9 Å². The quantitative estimate of drug-likeness (QED) is 0.324. The highest BCUT2D eigenvalue weighted by Crippen LogP contribution is 2.21. The molecule has 1 aromatic carbocycles. The molecule has 1 unspecified atom stereocenters. The summed E-state index contributed by atoms with van der Waals surface area (Å²) in [7, 11) is 0. The molecule has 0 spiro atoms. The highest BCUT2D eigenvalue weighted by Gasteiger charge is 2.14. The van der Waals surface area contributed by atoms with Crippen molar-refractivity contribution in [3.8, 4) is 0 Å². The van der Waals surface area contributed by atoms with Crippen LogP contribution >= 0.6 is 15.9 Å². The number of carbonyl (C=O) groups excluding carboxylic acids is 2. The molecule has 0 saturated carbocycles. The summed E-state index contributed by atoms with van der Waals surface area (Å²) in [4.78, 5) is 23.5. The second-order valence-corrected chi connectivity index (χ2v) is 7.09. The van der Waals surface area contributed by atoms with Gasteiger partial charge in [0.1, 0.15) is 6.10 Å². The van der Waals surface area contributed by atoms with Crippen molar-refractivity contribution in [2.45, 2.75) is 71.3 Å². The smallest absolute Gasteiger partial charge is 0.306 e. The predicted molar refractivity (Wildman–Crippen MR) is 102 cm³/mol. The van der Waals surface area contributed by atoms with Crippen molar-refractivity contribution in [2.75, 3.05) is 6.61 Å². The second kappa shape index (κ2) is 12.9. The monoisotopic (exact) mass is 412 g/mol. The number of hydrogen-bond acceptors (Lipinski definition) is 4. The van der Waals surface area contributed by atoms with Crippen molar-refractivity contribution in [1.29, 1.82) is 0 Å². The van der Waals surface area contributed by atoms with Crippen LogP contribution in [0.1, 0.15) is 76.9 Å². The molecular weight excluding hydrogens is 384 g/mol. The van der Waals surface area contributed by atoms with Gasteiger partial charge in [-0.1, -0.05) is 67.1 Å². The Morgan fingerprint density at radius 1 is 1.04 bits per heavy atom. The minimum absolute atomic E-state index is 0.0493. The van der Waals surface area contributed by atoms with E-state index in [2.05, 4.69) is 22.9 Å². The number of esters is 2. The van der Waals surface area contributed by atoms with Gasteiger partial charge in [0.15, 0.2) is 0 Å². The van der Waals surface area contributed by atoms with Crippen molar-refractivity contribution >= 4 is 27.9 Å². The predicted octanol–water partition coefficient (Wildman–Crippen LogP) is 5.74. The van der Waals surface area contributed by atoms with Crippen LogP contribution in [0.3, 0.4) is 0 Å². The van der Waals surface area contributed by atoms with Crippen LogP contribution < -0.4 is 0 Å². The molecule has 1 rings (SSSR count). The summed E-state index contributed by atoms with van der Waals surface area (Å²) in [5, 5.41) is 0. The molecule has 5 heteroatoms. The first kappa shape index (κ1) is 21.7. The molecule has 1 aromatic rings. The van der Waals surface area contributed by atoms with Crippen LogP contribution in [0.5, 0.6) is 0 Å². The molecule has 4 nitrogen and oxygen atoms in total. The highest BCUT2D eigenvalue weighted by atomic mass is 79.9. The molecule has 0 aliphatic rings. The Kier molecular flexibility index (Phi) is 11.2. The average Bonchev–Trinajstić information content (AvgIpc) is 2.59. The van der Waals surface area contributed by atoms with Crippen LogP contribution in [-0.2, 0) is 19.1 Å². The first-order valence-electron chi connectivity index (χ1n) is 9.13. The van der Waals surface area contributed by atoms with E-state index in [1.165, 1.54) is 25.7 Å². The summed E-state index contributed by atoms with van der Waals surface area (Å²) in [6.45, 7) is 4.44. The minimum Gasteiger partial charge on any atom is -0.466 e. The Morgan fingerprint density at radius 2 is 1.72 bits per heavy atom. The van der Waals surface area contributed by atoms with Gasteiger partial charge in [-0.25, -0.2) is 0 Å². The summed E-state index contributed by atoms with van der Waals surface area (Å²) in [5.74, 6) is -0.718. The summed E-state index contributed by atoms with van der Waals surface area (Å²) in [5.41, 5.74) is 0.911. The van der Waals surface area contributed by atoms with Crippen LogP contribution in [-0.4, -0.2) is 18.5 Å². The molecule has 0 amide bonds. The van der Waals surface area contributed by atoms with Crippen molar-refractivity contribution in [3.63, 3.8) is 0 Å². The van der Waals surface area contributed by atoms with Crippen LogP contribution in [0.2, 0.25) is 0 Å². The Labute approximate surface area is 159 Å². The third-order valence-corrected chi connectivity index (χ3v) is 4.41. The van der Waals surface area contributed by atoms with Gasteiger partial charge in [-0.3, -0.25) is 9.59 Å². The zero-order valence-corrected chi connectivity index (χ0v) is 16.8. The topological polar surface area (TPSA) is 52.6 Å². The molecule has 0 aromatic heterocycles. The van der Waals surface area contributed by atoms with Crippen molar-refractivity contribution in [1.82, 2.24) is 0 Å². The van der Waals surface area contributed by atoms with Gasteiger partial charge < -0.3 is 9.47 Å². The third kappa shape index (κ3) is 10.3. The Bertz CT molecular complexity index is 530. The SMILES string of the molecule is CCCCCCCCOC(=O)CCC(=O)OC(C)c1cccc(Br)c1. The fourth-order valence-electron chi connectivity index (χ4n) is 2.43. The lowest BCUT2D eigenvalue weighted by atomic mass is 10.1. The number of unbranched alkanes of at least 4 members (excludes halogenated alkanes) is 5. The molecule has 0 fully saturated rings. The van der Waals surface area contributed by atoms with Crippen LogP contribution in [0.25, 0.3) is 0 Å². The number of carbonyl (C=O) groups is 2. The Hall–Kier alpha value is -1.36. The standard InChI is InChI=1S/C20H29BrO4/c1-3-4-5-6-7-8-14-24-19(22)12-13-20(23)25-16(2)17-10-9-11-18(21)15-17/h9-11,15-16H,3-8,12-14H2,1-2H3. The molecule has 0 heterocycles. The summed E-state index contributed by atoms with van der Waals surface area (Å²) in [6.07, 6.45) is 6.67. The lowest BCUT2D eigenvalue weighted by Gasteiger charge is -2.13. The first-order valence-corrected chi connectivity index (χ1v) is 9.92.